The Hall–Kier alpha value is -2.68. The lowest BCUT2D eigenvalue weighted by molar-refractivity contribution is 0.0730. The third-order valence-corrected chi connectivity index (χ3v) is 7.18. The maximum atomic E-state index is 12.8. The van der Waals surface area contributed by atoms with Gasteiger partial charge in [-0.25, -0.2) is 8.42 Å². The van der Waals surface area contributed by atoms with Gasteiger partial charge < -0.3 is 15.0 Å². The number of nitrogens with one attached hydrogen (secondary N) is 2. The first-order chi connectivity index (χ1) is 14.6. The summed E-state index contributed by atoms with van der Waals surface area (Å²) >= 11 is 0. The molecule has 0 saturated carbocycles. The normalized spacial score (nSPS) is 15.3. The molecule has 4 rings (SSSR count). The highest BCUT2D eigenvalue weighted by molar-refractivity contribution is 7.89. The highest BCUT2D eigenvalue weighted by atomic mass is 32.2. The fraction of sp³-hybridized carbons (Fsp3) is 0.318. The molecular weight excluding hydrogens is 402 g/mol. The number of aromatic amines is 1. The highest BCUT2D eigenvalue weighted by Gasteiger charge is 2.26. The van der Waals surface area contributed by atoms with Crippen molar-refractivity contribution in [2.45, 2.75) is 17.7 Å². The van der Waals surface area contributed by atoms with E-state index in [4.69, 9.17) is 4.74 Å². The second kappa shape index (κ2) is 8.99. The van der Waals surface area contributed by atoms with Crippen LogP contribution in [0, 0.1) is 0 Å². The Morgan fingerprint density at radius 2 is 1.90 bits per heavy atom. The van der Waals surface area contributed by atoms with Crippen LogP contribution in [0.3, 0.4) is 0 Å². The molecule has 0 atom stereocenters. The second-order valence-electron chi connectivity index (χ2n) is 7.26. The molecule has 1 amide bonds. The zero-order valence-electron chi connectivity index (χ0n) is 16.6. The number of aromatic nitrogens is 1. The van der Waals surface area contributed by atoms with Crippen LogP contribution >= 0.6 is 0 Å². The summed E-state index contributed by atoms with van der Waals surface area (Å²) in [5.41, 5.74) is 2.67. The third-order valence-electron chi connectivity index (χ3n) is 5.29. The minimum absolute atomic E-state index is 0.135. The summed E-state index contributed by atoms with van der Waals surface area (Å²) in [6.07, 6.45) is 3.64. The van der Waals surface area contributed by atoms with E-state index in [1.165, 1.54) is 27.4 Å². The molecule has 0 unspecified atom stereocenters. The monoisotopic (exact) mass is 427 g/mol. The minimum Gasteiger partial charge on any atom is -0.379 e. The van der Waals surface area contributed by atoms with Crippen LogP contribution in [0.2, 0.25) is 0 Å². The summed E-state index contributed by atoms with van der Waals surface area (Å²) < 4.78 is 32.2. The average molecular weight is 428 g/mol. The van der Waals surface area contributed by atoms with Gasteiger partial charge in [-0.05, 0) is 42.7 Å². The summed E-state index contributed by atoms with van der Waals surface area (Å²) in [5.74, 6) is -0.270. The predicted molar refractivity (Wildman–Crippen MR) is 115 cm³/mol. The zero-order valence-corrected chi connectivity index (χ0v) is 17.5. The van der Waals surface area contributed by atoms with Gasteiger partial charge in [0.2, 0.25) is 10.0 Å². The lowest BCUT2D eigenvalue weighted by atomic mass is 10.1. The summed E-state index contributed by atoms with van der Waals surface area (Å²) in [6.45, 7) is 1.93. The summed E-state index contributed by atoms with van der Waals surface area (Å²) in [5, 5.41) is 4.09. The lowest BCUT2D eigenvalue weighted by Crippen LogP contribution is -2.40. The number of rotatable bonds is 7. The van der Waals surface area contributed by atoms with Crippen LogP contribution in [-0.4, -0.2) is 56.5 Å². The van der Waals surface area contributed by atoms with Gasteiger partial charge in [0.1, 0.15) is 0 Å². The van der Waals surface area contributed by atoms with Gasteiger partial charge in [-0.3, -0.25) is 4.79 Å². The van der Waals surface area contributed by atoms with Crippen molar-refractivity contribution < 1.29 is 17.9 Å². The number of sulfonamides is 1. The largest absolute Gasteiger partial charge is 0.379 e. The number of nitrogens with zero attached hydrogens (tertiary/aromatic N) is 1. The molecule has 0 bridgehead atoms. The summed E-state index contributed by atoms with van der Waals surface area (Å²) in [6, 6.07) is 14.3. The van der Waals surface area contributed by atoms with Gasteiger partial charge in [0, 0.05) is 42.3 Å². The van der Waals surface area contributed by atoms with Gasteiger partial charge in [0.05, 0.1) is 18.1 Å². The van der Waals surface area contributed by atoms with E-state index in [0.29, 0.717) is 38.4 Å². The van der Waals surface area contributed by atoms with Crippen molar-refractivity contribution in [3.8, 4) is 0 Å². The highest BCUT2D eigenvalue weighted by Crippen LogP contribution is 2.20. The molecule has 1 fully saturated rings. The molecule has 30 heavy (non-hydrogen) atoms. The van der Waals surface area contributed by atoms with E-state index in [9.17, 15) is 13.2 Å². The van der Waals surface area contributed by atoms with Gasteiger partial charge in [-0.2, -0.15) is 4.31 Å². The first kappa shape index (κ1) is 20.6. The number of carbonyl (C=O) groups is 1. The molecule has 1 aromatic heterocycles. The van der Waals surface area contributed by atoms with Crippen LogP contribution in [0.25, 0.3) is 10.9 Å². The number of fused-ring (bicyclic) bond motifs is 1. The molecule has 3 aromatic rings. The van der Waals surface area contributed by atoms with Crippen LogP contribution < -0.4 is 5.32 Å². The smallest absolute Gasteiger partial charge is 0.251 e. The van der Waals surface area contributed by atoms with Crippen molar-refractivity contribution in [3.63, 3.8) is 0 Å². The molecule has 1 aliphatic rings. The van der Waals surface area contributed by atoms with Crippen molar-refractivity contribution in [1.29, 1.82) is 0 Å². The number of H-pyrrole nitrogens is 1. The number of para-hydroxylation sites is 1. The molecule has 8 heteroatoms. The van der Waals surface area contributed by atoms with Gasteiger partial charge in [-0.15, -0.1) is 0 Å². The molecule has 1 saturated heterocycles. The third kappa shape index (κ3) is 4.40. The van der Waals surface area contributed by atoms with Gasteiger partial charge in [0.15, 0.2) is 0 Å². The fourth-order valence-electron chi connectivity index (χ4n) is 3.66. The molecule has 158 valence electrons. The summed E-state index contributed by atoms with van der Waals surface area (Å²) in [4.78, 5) is 15.9. The molecule has 7 nitrogen and oxygen atoms in total. The second-order valence-corrected chi connectivity index (χ2v) is 9.20. The van der Waals surface area contributed by atoms with Crippen LogP contribution in [-0.2, 0) is 21.2 Å². The fourth-order valence-corrected chi connectivity index (χ4v) is 5.11. The maximum absolute atomic E-state index is 12.8. The van der Waals surface area contributed by atoms with Gasteiger partial charge >= 0.3 is 0 Å². The molecule has 0 spiro atoms. The van der Waals surface area contributed by atoms with Crippen molar-refractivity contribution in [2.24, 2.45) is 0 Å². The topological polar surface area (TPSA) is 91.5 Å². The van der Waals surface area contributed by atoms with E-state index in [2.05, 4.69) is 16.4 Å². The molecule has 1 aliphatic heterocycles. The van der Waals surface area contributed by atoms with Crippen LogP contribution in [0.5, 0.6) is 0 Å². The Kier molecular flexibility index (Phi) is 6.17. The molecule has 2 heterocycles. The van der Waals surface area contributed by atoms with Crippen molar-refractivity contribution in [2.75, 3.05) is 32.8 Å². The molecular formula is C22H25N3O4S. The van der Waals surface area contributed by atoms with Gasteiger partial charge in [-0.1, -0.05) is 24.3 Å². The zero-order chi connectivity index (χ0) is 21.0. The molecule has 2 N–H and O–H groups in total. The van der Waals surface area contributed by atoms with Crippen molar-refractivity contribution in [3.05, 3.63) is 65.9 Å². The number of hydrogen-bond acceptors (Lipinski definition) is 4. The first-order valence-corrected chi connectivity index (χ1v) is 11.5. The Morgan fingerprint density at radius 1 is 1.10 bits per heavy atom. The van der Waals surface area contributed by atoms with Gasteiger partial charge in [0.25, 0.3) is 5.91 Å². The number of morpholine rings is 1. The van der Waals surface area contributed by atoms with E-state index < -0.39 is 10.0 Å². The minimum atomic E-state index is -3.62. The molecule has 0 aliphatic carbocycles. The molecule has 0 radical (unpaired) electrons. The number of hydrogen-bond donors (Lipinski definition) is 2. The van der Waals surface area contributed by atoms with E-state index in [0.717, 1.165) is 18.4 Å². The quantitative estimate of drug-likeness (QED) is 0.567. The van der Waals surface area contributed by atoms with Crippen molar-refractivity contribution in [1.82, 2.24) is 14.6 Å². The first-order valence-electron chi connectivity index (χ1n) is 10.1. The maximum Gasteiger partial charge on any atom is 0.251 e. The van der Waals surface area contributed by atoms with E-state index >= 15 is 0 Å². The number of aryl methyl sites for hydroxylation is 1. The standard InChI is InChI=1S/C22H25N3O4S/c26-22(23-10-4-6-18-16-24-21-9-2-1-8-20(18)21)17-5-3-7-19(15-17)30(27,28)25-11-13-29-14-12-25/h1-3,5,7-9,15-16,24H,4,6,10-14H2,(H,23,26). The van der Waals surface area contributed by atoms with Crippen LogP contribution in [0.4, 0.5) is 0 Å². The predicted octanol–water partition coefficient (Wildman–Crippen LogP) is 2.55. The number of benzene rings is 2. The number of ether oxygens (including phenoxy) is 1. The lowest BCUT2D eigenvalue weighted by Gasteiger charge is -2.26. The SMILES string of the molecule is O=C(NCCCc1c[nH]c2ccccc12)c1cccc(S(=O)(=O)N2CCOCC2)c1. The van der Waals surface area contributed by atoms with Crippen LogP contribution in [0.1, 0.15) is 22.3 Å². The van der Waals surface area contributed by atoms with Crippen molar-refractivity contribution >= 4 is 26.8 Å². The van der Waals surface area contributed by atoms with E-state index in [1.807, 2.05) is 24.4 Å². The summed E-state index contributed by atoms with van der Waals surface area (Å²) in [7, 11) is -3.62. The van der Waals surface area contributed by atoms with E-state index in [-0.39, 0.29) is 10.8 Å². The Labute approximate surface area is 176 Å². The number of amides is 1. The molecule has 2 aromatic carbocycles. The van der Waals surface area contributed by atoms with Crippen LogP contribution in [0.15, 0.2) is 59.6 Å². The Bertz CT molecular complexity index is 1130. The Morgan fingerprint density at radius 3 is 2.73 bits per heavy atom. The van der Waals surface area contributed by atoms with E-state index in [1.54, 1.807) is 12.1 Å². The number of carbonyl (C=O) groups excluding carboxylic acids is 1. The Balaban J connectivity index is 1.35. The average Bonchev–Trinajstić information content (AvgIpc) is 3.20.